The molecule has 1 heterocycles. The van der Waals surface area contributed by atoms with E-state index in [4.69, 9.17) is 0 Å². The Labute approximate surface area is 155 Å². The molecule has 2 aromatic rings. The molecule has 1 atom stereocenters. The van der Waals surface area contributed by atoms with Crippen LogP contribution in [0.1, 0.15) is 23.2 Å². The van der Waals surface area contributed by atoms with Crippen LogP contribution in [0.4, 0.5) is 0 Å². The van der Waals surface area contributed by atoms with Gasteiger partial charge in [0.1, 0.15) is 0 Å². The zero-order valence-corrected chi connectivity index (χ0v) is 16.1. The van der Waals surface area contributed by atoms with Gasteiger partial charge < -0.3 is 9.80 Å². The van der Waals surface area contributed by atoms with Crippen LogP contribution in [0, 0.1) is 0 Å². The summed E-state index contributed by atoms with van der Waals surface area (Å²) in [6.07, 6.45) is 4.50. The highest BCUT2D eigenvalue weighted by atomic mass is 32.2. The summed E-state index contributed by atoms with van der Waals surface area (Å²) < 4.78 is 0. The third-order valence-electron chi connectivity index (χ3n) is 5.05. The molecule has 4 heteroatoms. The molecule has 0 N–H and O–H groups in total. The van der Waals surface area contributed by atoms with Crippen molar-refractivity contribution in [3.05, 3.63) is 54.1 Å². The van der Waals surface area contributed by atoms with E-state index in [1.165, 1.54) is 23.3 Å². The van der Waals surface area contributed by atoms with Gasteiger partial charge in [-0.1, -0.05) is 30.3 Å². The van der Waals surface area contributed by atoms with Crippen molar-refractivity contribution >= 4 is 17.7 Å². The molecule has 0 unspecified atom stereocenters. The fourth-order valence-electron chi connectivity index (χ4n) is 3.50. The zero-order valence-electron chi connectivity index (χ0n) is 15.2. The summed E-state index contributed by atoms with van der Waals surface area (Å²) in [7, 11) is 4.05. The van der Waals surface area contributed by atoms with Gasteiger partial charge in [0.05, 0.1) is 0 Å². The molecule has 1 amide bonds. The second-order valence-electron chi connectivity index (χ2n) is 6.74. The van der Waals surface area contributed by atoms with Gasteiger partial charge in [0.25, 0.3) is 5.91 Å². The maximum Gasteiger partial charge on any atom is 0.253 e. The normalized spacial score (nSPS) is 17.6. The number of nitrogens with zero attached hydrogens (tertiary/aromatic N) is 2. The summed E-state index contributed by atoms with van der Waals surface area (Å²) in [5, 5.41) is 0. The largest absolute Gasteiger partial charge is 0.340 e. The van der Waals surface area contributed by atoms with Gasteiger partial charge in [0, 0.05) is 30.1 Å². The number of hydrogen-bond donors (Lipinski definition) is 0. The lowest BCUT2D eigenvalue weighted by Crippen LogP contribution is -2.39. The predicted molar refractivity (Wildman–Crippen MR) is 106 cm³/mol. The maximum atomic E-state index is 12.7. The Hall–Kier alpha value is -1.78. The standard InChI is InChI=1S/C21H26N2OS/c1-22-14-6-7-18(22)15-23(2)21(24)17-12-10-16(11-13-17)19-8-4-5-9-20(19)25-3/h4-5,8-13,18H,6-7,14-15H2,1-3H3/t18-/m1/s1. The lowest BCUT2D eigenvalue weighted by atomic mass is 10.0. The third-order valence-corrected chi connectivity index (χ3v) is 5.85. The molecule has 0 aliphatic carbocycles. The summed E-state index contributed by atoms with van der Waals surface area (Å²) in [6.45, 7) is 1.93. The minimum absolute atomic E-state index is 0.102. The first-order chi connectivity index (χ1) is 12.1. The Balaban J connectivity index is 1.72. The molecule has 1 aliphatic heterocycles. The number of thioether (sulfide) groups is 1. The van der Waals surface area contributed by atoms with Crippen LogP contribution < -0.4 is 0 Å². The van der Waals surface area contributed by atoms with Gasteiger partial charge in [0.2, 0.25) is 0 Å². The number of likely N-dealkylation sites (tertiary alicyclic amines) is 1. The van der Waals surface area contributed by atoms with Crippen molar-refractivity contribution in [2.75, 3.05) is 33.4 Å². The van der Waals surface area contributed by atoms with Gasteiger partial charge in [-0.3, -0.25) is 4.79 Å². The molecule has 3 nitrogen and oxygen atoms in total. The van der Waals surface area contributed by atoms with Crippen molar-refractivity contribution < 1.29 is 4.79 Å². The molecule has 0 spiro atoms. The molecule has 1 saturated heterocycles. The molecular weight excluding hydrogens is 328 g/mol. The highest BCUT2D eigenvalue weighted by Crippen LogP contribution is 2.30. The molecule has 3 rings (SSSR count). The average Bonchev–Trinajstić information content (AvgIpc) is 3.05. The van der Waals surface area contributed by atoms with E-state index in [-0.39, 0.29) is 5.91 Å². The van der Waals surface area contributed by atoms with Crippen molar-refractivity contribution in [1.82, 2.24) is 9.80 Å². The topological polar surface area (TPSA) is 23.6 Å². The van der Waals surface area contributed by atoms with Crippen LogP contribution in [0.2, 0.25) is 0 Å². The molecule has 2 aromatic carbocycles. The van der Waals surface area contributed by atoms with E-state index in [0.29, 0.717) is 6.04 Å². The number of amides is 1. The van der Waals surface area contributed by atoms with Crippen LogP contribution >= 0.6 is 11.8 Å². The van der Waals surface area contributed by atoms with Crippen LogP contribution in [0.15, 0.2) is 53.4 Å². The molecule has 0 saturated carbocycles. The predicted octanol–water partition coefficient (Wildman–Crippen LogP) is 4.24. The van der Waals surface area contributed by atoms with Crippen molar-refractivity contribution in [3.63, 3.8) is 0 Å². The highest BCUT2D eigenvalue weighted by molar-refractivity contribution is 7.98. The van der Waals surface area contributed by atoms with Gasteiger partial charge in [-0.05, 0) is 62.0 Å². The SMILES string of the molecule is CSc1ccccc1-c1ccc(C(=O)N(C)C[C@H]2CCCN2C)cc1. The number of likely N-dealkylation sites (N-methyl/N-ethyl adjacent to an activating group) is 2. The van der Waals surface area contributed by atoms with E-state index >= 15 is 0 Å². The molecule has 1 aliphatic rings. The molecule has 0 bridgehead atoms. The zero-order chi connectivity index (χ0) is 17.8. The number of benzene rings is 2. The van der Waals surface area contributed by atoms with E-state index in [9.17, 15) is 4.79 Å². The first-order valence-corrected chi connectivity index (χ1v) is 10.0. The van der Waals surface area contributed by atoms with Gasteiger partial charge in [-0.2, -0.15) is 0 Å². The fraction of sp³-hybridized carbons (Fsp3) is 0.381. The Morgan fingerprint density at radius 3 is 2.56 bits per heavy atom. The number of hydrogen-bond acceptors (Lipinski definition) is 3. The lowest BCUT2D eigenvalue weighted by molar-refractivity contribution is 0.0761. The summed E-state index contributed by atoms with van der Waals surface area (Å²) in [5.41, 5.74) is 3.13. The molecule has 1 fully saturated rings. The van der Waals surface area contributed by atoms with E-state index in [2.05, 4.69) is 54.6 Å². The van der Waals surface area contributed by atoms with Crippen LogP contribution in [0.5, 0.6) is 0 Å². The number of carbonyl (C=O) groups excluding carboxylic acids is 1. The second kappa shape index (κ2) is 8.07. The Bertz CT molecular complexity index is 729. The lowest BCUT2D eigenvalue weighted by Gasteiger charge is -2.26. The average molecular weight is 355 g/mol. The van der Waals surface area contributed by atoms with Crippen molar-refractivity contribution in [3.8, 4) is 11.1 Å². The van der Waals surface area contributed by atoms with Crippen LogP contribution in [-0.4, -0.2) is 55.2 Å². The van der Waals surface area contributed by atoms with E-state index in [1.807, 2.05) is 24.1 Å². The van der Waals surface area contributed by atoms with Crippen molar-refractivity contribution in [2.45, 2.75) is 23.8 Å². The van der Waals surface area contributed by atoms with E-state index < -0.39 is 0 Å². The summed E-state index contributed by atoms with van der Waals surface area (Å²) in [6, 6.07) is 16.9. The van der Waals surface area contributed by atoms with E-state index in [1.54, 1.807) is 11.8 Å². The van der Waals surface area contributed by atoms with Crippen molar-refractivity contribution in [1.29, 1.82) is 0 Å². The Morgan fingerprint density at radius 1 is 1.20 bits per heavy atom. The molecule has 0 aromatic heterocycles. The first kappa shape index (κ1) is 18.0. The number of rotatable bonds is 5. The summed E-state index contributed by atoms with van der Waals surface area (Å²) >= 11 is 1.74. The summed E-state index contributed by atoms with van der Waals surface area (Å²) in [4.78, 5) is 18.2. The monoisotopic (exact) mass is 354 g/mol. The highest BCUT2D eigenvalue weighted by Gasteiger charge is 2.24. The third kappa shape index (κ3) is 4.07. The smallest absolute Gasteiger partial charge is 0.253 e. The maximum absolute atomic E-state index is 12.7. The quantitative estimate of drug-likeness (QED) is 0.750. The Morgan fingerprint density at radius 2 is 1.92 bits per heavy atom. The van der Waals surface area contributed by atoms with E-state index in [0.717, 1.165) is 24.2 Å². The van der Waals surface area contributed by atoms with Gasteiger partial charge in [-0.25, -0.2) is 0 Å². The second-order valence-corrected chi connectivity index (χ2v) is 7.59. The van der Waals surface area contributed by atoms with Gasteiger partial charge in [0.15, 0.2) is 0 Å². The van der Waals surface area contributed by atoms with Crippen LogP contribution in [0.3, 0.4) is 0 Å². The Kier molecular flexibility index (Phi) is 5.82. The molecular formula is C21H26N2OS. The van der Waals surface area contributed by atoms with Crippen LogP contribution in [-0.2, 0) is 0 Å². The van der Waals surface area contributed by atoms with Gasteiger partial charge >= 0.3 is 0 Å². The molecule has 0 radical (unpaired) electrons. The molecule has 132 valence electrons. The fourth-order valence-corrected chi connectivity index (χ4v) is 4.13. The molecule has 25 heavy (non-hydrogen) atoms. The summed E-state index contributed by atoms with van der Waals surface area (Å²) in [5.74, 6) is 0.102. The van der Waals surface area contributed by atoms with Crippen molar-refractivity contribution in [2.24, 2.45) is 0 Å². The minimum atomic E-state index is 0.102. The first-order valence-electron chi connectivity index (χ1n) is 8.79. The number of carbonyl (C=O) groups is 1. The minimum Gasteiger partial charge on any atom is -0.340 e. The van der Waals surface area contributed by atoms with Crippen LogP contribution in [0.25, 0.3) is 11.1 Å². The van der Waals surface area contributed by atoms with Gasteiger partial charge in [-0.15, -0.1) is 11.8 Å².